The maximum Gasteiger partial charge on any atom is 0.313 e. The minimum atomic E-state index is -0.486. The summed E-state index contributed by atoms with van der Waals surface area (Å²) in [6.07, 6.45) is 5.86. The lowest BCUT2D eigenvalue weighted by atomic mass is 9.96. The summed E-state index contributed by atoms with van der Waals surface area (Å²) >= 11 is 0. The summed E-state index contributed by atoms with van der Waals surface area (Å²) in [6.45, 7) is 1.47. The maximum absolute atomic E-state index is 11.6. The molecule has 2 aliphatic carbocycles. The van der Waals surface area contributed by atoms with Gasteiger partial charge in [0.25, 0.3) is 0 Å². The van der Waals surface area contributed by atoms with Gasteiger partial charge in [-0.2, -0.15) is 0 Å². The molecule has 0 N–H and O–H groups in total. The lowest BCUT2D eigenvalue weighted by molar-refractivity contribution is -0.220. The summed E-state index contributed by atoms with van der Waals surface area (Å²) in [4.78, 5) is 11.6. The van der Waals surface area contributed by atoms with E-state index in [0.29, 0.717) is 5.92 Å². The number of rotatable bonds is 1. The molecule has 0 bridgehead atoms. The summed E-state index contributed by atoms with van der Waals surface area (Å²) in [6, 6.07) is 0. The van der Waals surface area contributed by atoms with Crippen LogP contribution in [0, 0.1) is 17.8 Å². The van der Waals surface area contributed by atoms with Gasteiger partial charge < -0.3 is 14.2 Å². The van der Waals surface area contributed by atoms with Gasteiger partial charge in [0.05, 0.1) is 26.2 Å². The van der Waals surface area contributed by atoms with E-state index in [0.717, 1.165) is 26.1 Å². The Morgan fingerprint density at radius 3 is 2.88 bits per heavy atom. The molecule has 4 nitrogen and oxygen atoms in total. The molecule has 0 amide bonds. The number of ether oxygens (including phenoxy) is 3. The molecule has 2 fully saturated rings. The fourth-order valence-electron chi connectivity index (χ4n) is 3.07. The van der Waals surface area contributed by atoms with E-state index in [2.05, 4.69) is 0 Å². The van der Waals surface area contributed by atoms with Crippen LogP contribution in [0.3, 0.4) is 0 Å². The highest BCUT2D eigenvalue weighted by Gasteiger charge is 2.72. The molecule has 88 valence electrons. The number of hydrogen-bond donors (Lipinski definition) is 0. The molecular weight excluding hydrogens is 208 g/mol. The molecule has 16 heavy (non-hydrogen) atoms. The van der Waals surface area contributed by atoms with Gasteiger partial charge in [-0.3, -0.25) is 4.79 Å². The Morgan fingerprint density at radius 1 is 1.44 bits per heavy atom. The standard InChI is InChI=1S/C12H16O4/c1-14-11(13)8-4-2-5-9-10(8)12(9)15-6-3-7-16-12/h2,4,8-10H,3,5-7H2,1H3/t8-,9-,10-/m1/s1. The van der Waals surface area contributed by atoms with Crippen molar-refractivity contribution in [3.05, 3.63) is 12.2 Å². The van der Waals surface area contributed by atoms with Crippen LogP contribution in [0.1, 0.15) is 12.8 Å². The molecule has 0 unspecified atom stereocenters. The second-order valence-electron chi connectivity index (χ2n) is 4.62. The first-order valence-corrected chi connectivity index (χ1v) is 5.82. The smallest absolute Gasteiger partial charge is 0.313 e. The topological polar surface area (TPSA) is 44.8 Å². The van der Waals surface area contributed by atoms with Crippen molar-refractivity contribution in [3.63, 3.8) is 0 Å². The van der Waals surface area contributed by atoms with Gasteiger partial charge in [0.2, 0.25) is 0 Å². The minimum absolute atomic E-state index is 0.158. The van der Waals surface area contributed by atoms with Gasteiger partial charge in [-0.1, -0.05) is 12.2 Å². The van der Waals surface area contributed by atoms with Crippen LogP contribution in [0.2, 0.25) is 0 Å². The van der Waals surface area contributed by atoms with Gasteiger partial charge in [-0.15, -0.1) is 0 Å². The number of fused-ring (bicyclic) bond motifs is 3. The van der Waals surface area contributed by atoms with Crippen LogP contribution < -0.4 is 0 Å². The third kappa shape index (κ3) is 1.26. The summed E-state index contributed by atoms with van der Waals surface area (Å²) < 4.78 is 16.4. The van der Waals surface area contributed by atoms with E-state index < -0.39 is 5.79 Å². The quantitative estimate of drug-likeness (QED) is 0.494. The highest BCUT2D eigenvalue weighted by Crippen LogP contribution is 2.63. The second-order valence-corrected chi connectivity index (χ2v) is 4.62. The predicted octanol–water partition coefficient (Wildman–Crippen LogP) is 1.11. The lowest BCUT2D eigenvalue weighted by Crippen LogP contribution is -2.32. The van der Waals surface area contributed by atoms with Gasteiger partial charge in [0.1, 0.15) is 0 Å². The molecule has 0 aromatic heterocycles. The average molecular weight is 224 g/mol. The van der Waals surface area contributed by atoms with Crippen LogP contribution >= 0.6 is 0 Å². The third-order valence-corrected chi connectivity index (χ3v) is 3.84. The first-order chi connectivity index (χ1) is 7.79. The Kier molecular flexibility index (Phi) is 2.30. The molecule has 1 saturated carbocycles. The van der Waals surface area contributed by atoms with Gasteiger partial charge >= 0.3 is 5.97 Å². The van der Waals surface area contributed by atoms with Gasteiger partial charge in [-0.05, 0) is 12.8 Å². The van der Waals surface area contributed by atoms with Gasteiger partial charge in [0, 0.05) is 11.8 Å². The zero-order valence-electron chi connectivity index (χ0n) is 9.35. The van der Waals surface area contributed by atoms with Crippen LogP contribution in [0.5, 0.6) is 0 Å². The van der Waals surface area contributed by atoms with E-state index in [4.69, 9.17) is 14.2 Å². The number of esters is 1. The van der Waals surface area contributed by atoms with Crippen molar-refractivity contribution in [3.8, 4) is 0 Å². The van der Waals surface area contributed by atoms with E-state index in [9.17, 15) is 4.79 Å². The normalized spacial score (nSPS) is 39.2. The largest absolute Gasteiger partial charge is 0.469 e. The Bertz CT molecular complexity index is 330. The molecule has 0 aromatic carbocycles. The van der Waals surface area contributed by atoms with E-state index in [1.54, 1.807) is 0 Å². The van der Waals surface area contributed by atoms with E-state index >= 15 is 0 Å². The van der Waals surface area contributed by atoms with Gasteiger partial charge in [-0.25, -0.2) is 0 Å². The molecule has 1 aliphatic heterocycles. The highest BCUT2D eigenvalue weighted by molar-refractivity contribution is 5.76. The van der Waals surface area contributed by atoms with Crippen molar-refractivity contribution in [1.82, 2.24) is 0 Å². The molecule has 3 rings (SSSR count). The Labute approximate surface area is 94.5 Å². The lowest BCUT2D eigenvalue weighted by Gasteiger charge is -2.25. The zero-order chi connectivity index (χ0) is 11.2. The second kappa shape index (κ2) is 3.57. The van der Waals surface area contributed by atoms with E-state index in [-0.39, 0.29) is 17.8 Å². The third-order valence-electron chi connectivity index (χ3n) is 3.84. The molecule has 0 aromatic rings. The van der Waals surface area contributed by atoms with Gasteiger partial charge in [0.15, 0.2) is 5.79 Å². The molecule has 3 atom stereocenters. The summed E-state index contributed by atoms with van der Waals surface area (Å²) in [5, 5.41) is 0. The molecule has 3 aliphatic rings. The van der Waals surface area contributed by atoms with Crippen molar-refractivity contribution in [2.75, 3.05) is 20.3 Å². The molecular formula is C12H16O4. The van der Waals surface area contributed by atoms with E-state index in [1.165, 1.54) is 7.11 Å². The predicted molar refractivity (Wildman–Crippen MR) is 55.5 cm³/mol. The fraction of sp³-hybridized carbons (Fsp3) is 0.750. The monoisotopic (exact) mass is 224 g/mol. The molecule has 1 saturated heterocycles. The zero-order valence-corrected chi connectivity index (χ0v) is 9.35. The number of methoxy groups -OCH3 is 1. The first kappa shape index (κ1) is 10.3. The Hall–Kier alpha value is -0.870. The van der Waals surface area contributed by atoms with Crippen LogP contribution in [0.25, 0.3) is 0 Å². The van der Waals surface area contributed by atoms with Crippen LogP contribution in [0.4, 0.5) is 0 Å². The number of allylic oxidation sites excluding steroid dienone is 1. The number of carbonyl (C=O) groups excluding carboxylic acids is 1. The van der Waals surface area contributed by atoms with Crippen LogP contribution in [-0.2, 0) is 19.0 Å². The van der Waals surface area contributed by atoms with Crippen molar-refractivity contribution in [1.29, 1.82) is 0 Å². The molecule has 0 radical (unpaired) electrons. The van der Waals surface area contributed by atoms with E-state index in [1.807, 2.05) is 12.2 Å². The van der Waals surface area contributed by atoms with Crippen molar-refractivity contribution >= 4 is 5.97 Å². The van der Waals surface area contributed by atoms with Crippen LogP contribution in [0.15, 0.2) is 12.2 Å². The highest BCUT2D eigenvalue weighted by atomic mass is 16.7. The average Bonchev–Trinajstić information content (AvgIpc) is 2.97. The first-order valence-electron chi connectivity index (χ1n) is 5.82. The summed E-state index contributed by atoms with van der Waals surface area (Å²) in [5.74, 6) is -0.366. The SMILES string of the molecule is COC(=O)[C@@H]1C=CC[C@@H]2[C@@H]1C21OCCCO1. The number of hydrogen-bond acceptors (Lipinski definition) is 4. The van der Waals surface area contributed by atoms with Crippen molar-refractivity contribution in [2.45, 2.75) is 18.6 Å². The summed E-state index contributed by atoms with van der Waals surface area (Å²) in [5.41, 5.74) is 0. The summed E-state index contributed by atoms with van der Waals surface area (Å²) in [7, 11) is 1.43. The Morgan fingerprint density at radius 2 is 2.19 bits per heavy atom. The van der Waals surface area contributed by atoms with Crippen molar-refractivity contribution < 1.29 is 19.0 Å². The van der Waals surface area contributed by atoms with Crippen molar-refractivity contribution in [2.24, 2.45) is 17.8 Å². The maximum atomic E-state index is 11.6. The minimum Gasteiger partial charge on any atom is -0.469 e. The molecule has 1 spiro atoms. The number of carbonyl (C=O) groups is 1. The molecule has 4 heteroatoms. The van der Waals surface area contributed by atoms with Crippen LogP contribution in [-0.4, -0.2) is 32.1 Å². The molecule has 1 heterocycles. The Balaban J connectivity index is 1.81. The fourth-order valence-corrected chi connectivity index (χ4v) is 3.07.